The lowest BCUT2D eigenvalue weighted by Crippen LogP contribution is -2.54. The second-order valence-corrected chi connectivity index (χ2v) is 2.17. The summed E-state index contributed by atoms with van der Waals surface area (Å²) in [6.07, 6.45) is 0. The Labute approximate surface area is 54.3 Å². The minimum Gasteiger partial charge on any atom is -0.386 e. The van der Waals surface area contributed by atoms with E-state index in [1.54, 1.807) is 0 Å². The van der Waals surface area contributed by atoms with Crippen LogP contribution >= 0.6 is 0 Å². The van der Waals surface area contributed by atoms with Gasteiger partial charge in [0, 0.05) is 19.6 Å². The van der Waals surface area contributed by atoms with Gasteiger partial charge in [-0.2, -0.15) is 0 Å². The van der Waals surface area contributed by atoms with E-state index in [1.165, 1.54) is 0 Å². The van der Waals surface area contributed by atoms with Gasteiger partial charge in [0.25, 0.3) is 0 Å². The normalized spacial score (nSPS) is 27.8. The van der Waals surface area contributed by atoms with E-state index in [4.69, 9.17) is 11.1 Å². The van der Waals surface area contributed by atoms with Crippen molar-refractivity contribution in [2.45, 2.75) is 6.04 Å². The van der Waals surface area contributed by atoms with Crippen molar-refractivity contribution in [1.82, 2.24) is 10.6 Å². The van der Waals surface area contributed by atoms with Gasteiger partial charge in [0.2, 0.25) is 0 Å². The average Bonchev–Trinajstić information content (AvgIpc) is 1.90. The van der Waals surface area contributed by atoms with Crippen molar-refractivity contribution in [3.8, 4) is 0 Å². The van der Waals surface area contributed by atoms with E-state index in [0.717, 1.165) is 19.6 Å². The van der Waals surface area contributed by atoms with Crippen LogP contribution in [0, 0.1) is 5.41 Å². The minimum atomic E-state index is 0.0544. The maximum Gasteiger partial charge on any atom is 0.109 e. The first kappa shape index (κ1) is 6.51. The second-order valence-electron chi connectivity index (χ2n) is 2.17. The van der Waals surface area contributed by atoms with Crippen molar-refractivity contribution < 1.29 is 0 Å². The topological polar surface area (TPSA) is 73.9 Å². The minimum absolute atomic E-state index is 0.0544. The van der Waals surface area contributed by atoms with Gasteiger partial charge in [-0.05, 0) is 0 Å². The number of piperazine rings is 1. The molecule has 4 nitrogen and oxygen atoms in total. The predicted molar refractivity (Wildman–Crippen MR) is 36.6 cm³/mol. The first-order valence-corrected chi connectivity index (χ1v) is 3.08. The third kappa shape index (κ3) is 1.65. The monoisotopic (exact) mass is 128 g/mol. The molecule has 0 radical (unpaired) electrons. The highest BCUT2D eigenvalue weighted by Gasteiger charge is 2.13. The molecule has 5 N–H and O–H groups in total. The van der Waals surface area contributed by atoms with Crippen molar-refractivity contribution in [2.24, 2.45) is 5.73 Å². The van der Waals surface area contributed by atoms with Gasteiger partial charge in [0.1, 0.15) is 5.84 Å². The van der Waals surface area contributed by atoms with Crippen molar-refractivity contribution >= 4 is 5.84 Å². The molecule has 0 aromatic rings. The van der Waals surface area contributed by atoms with Crippen molar-refractivity contribution in [2.75, 3.05) is 19.6 Å². The maximum absolute atomic E-state index is 7.06. The second kappa shape index (κ2) is 2.80. The van der Waals surface area contributed by atoms with Gasteiger partial charge in [-0.3, -0.25) is 5.41 Å². The molecule has 0 bridgehead atoms. The molecule has 52 valence electrons. The standard InChI is InChI=1S/C5H12N4/c6-5(7)4-3-8-1-2-9-4/h4,8-9H,1-3H2,(H3,6,7). The molecule has 1 heterocycles. The summed E-state index contributed by atoms with van der Waals surface area (Å²) in [5.74, 6) is 0.224. The number of hydrogen-bond acceptors (Lipinski definition) is 3. The summed E-state index contributed by atoms with van der Waals surface area (Å²) in [5.41, 5.74) is 5.25. The van der Waals surface area contributed by atoms with Crippen LogP contribution in [0.25, 0.3) is 0 Å². The lowest BCUT2D eigenvalue weighted by atomic mass is 10.2. The van der Waals surface area contributed by atoms with Crippen LogP contribution in [0.2, 0.25) is 0 Å². The quantitative estimate of drug-likeness (QED) is 0.256. The molecule has 0 saturated carbocycles. The fourth-order valence-electron chi connectivity index (χ4n) is 0.873. The van der Waals surface area contributed by atoms with Gasteiger partial charge in [-0.25, -0.2) is 0 Å². The lowest BCUT2D eigenvalue weighted by molar-refractivity contribution is 0.485. The summed E-state index contributed by atoms with van der Waals surface area (Å²) in [7, 11) is 0. The van der Waals surface area contributed by atoms with Gasteiger partial charge >= 0.3 is 0 Å². The van der Waals surface area contributed by atoms with E-state index < -0.39 is 0 Å². The highest BCUT2D eigenvalue weighted by molar-refractivity contribution is 5.83. The lowest BCUT2D eigenvalue weighted by Gasteiger charge is -2.22. The third-order valence-electron chi connectivity index (χ3n) is 1.42. The number of rotatable bonds is 1. The Hall–Kier alpha value is -0.610. The molecule has 1 saturated heterocycles. The summed E-state index contributed by atoms with van der Waals surface area (Å²) in [6.45, 7) is 2.67. The molecular weight excluding hydrogens is 116 g/mol. The fraction of sp³-hybridized carbons (Fsp3) is 0.800. The van der Waals surface area contributed by atoms with Crippen molar-refractivity contribution in [3.63, 3.8) is 0 Å². The zero-order valence-electron chi connectivity index (χ0n) is 5.28. The number of nitrogens with two attached hydrogens (primary N) is 1. The van der Waals surface area contributed by atoms with Crippen molar-refractivity contribution in [3.05, 3.63) is 0 Å². The van der Waals surface area contributed by atoms with Gasteiger partial charge in [0.05, 0.1) is 6.04 Å². The molecule has 0 aromatic heterocycles. The zero-order valence-corrected chi connectivity index (χ0v) is 5.28. The van der Waals surface area contributed by atoms with E-state index in [1.807, 2.05) is 0 Å². The maximum atomic E-state index is 7.06. The summed E-state index contributed by atoms with van der Waals surface area (Å²) in [5, 5.41) is 13.3. The van der Waals surface area contributed by atoms with Crippen LogP contribution < -0.4 is 16.4 Å². The van der Waals surface area contributed by atoms with Crippen LogP contribution in [0.1, 0.15) is 0 Å². The van der Waals surface area contributed by atoms with Crippen LogP contribution in [0.15, 0.2) is 0 Å². The van der Waals surface area contributed by atoms with Crippen LogP contribution in [0.3, 0.4) is 0 Å². The zero-order chi connectivity index (χ0) is 6.69. The average molecular weight is 128 g/mol. The van der Waals surface area contributed by atoms with Crippen LogP contribution in [0.5, 0.6) is 0 Å². The molecule has 1 aliphatic heterocycles. The molecule has 9 heavy (non-hydrogen) atoms. The Balaban J connectivity index is 2.31. The number of hydrogen-bond donors (Lipinski definition) is 4. The van der Waals surface area contributed by atoms with E-state index in [9.17, 15) is 0 Å². The Morgan fingerprint density at radius 3 is 2.67 bits per heavy atom. The molecule has 4 heteroatoms. The van der Waals surface area contributed by atoms with Gasteiger partial charge in [-0.15, -0.1) is 0 Å². The highest BCUT2D eigenvalue weighted by atomic mass is 15.1. The number of nitrogens with one attached hydrogen (secondary N) is 3. The molecule has 1 rings (SSSR count). The van der Waals surface area contributed by atoms with E-state index in [2.05, 4.69) is 10.6 Å². The highest BCUT2D eigenvalue weighted by Crippen LogP contribution is 1.83. The van der Waals surface area contributed by atoms with E-state index >= 15 is 0 Å². The van der Waals surface area contributed by atoms with Gasteiger partial charge in [-0.1, -0.05) is 0 Å². The van der Waals surface area contributed by atoms with Crippen molar-refractivity contribution in [1.29, 1.82) is 5.41 Å². The Morgan fingerprint density at radius 1 is 1.56 bits per heavy atom. The first-order valence-electron chi connectivity index (χ1n) is 3.08. The van der Waals surface area contributed by atoms with E-state index in [-0.39, 0.29) is 11.9 Å². The molecular formula is C5H12N4. The molecule has 1 fully saturated rings. The smallest absolute Gasteiger partial charge is 0.109 e. The summed E-state index contributed by atoms with van der Waals surface area (Å²) in [6, 6.07) is 0.0544. The molecule has 0 aromatic carbocycles. The molecule has 0 amide bonds. The molecule has 0 spiro atoms. The molecule has 1 unspecified atom stereocenters. The Bertz CT molecular complexity index is 106. The van der Waals surface area contributed by atoms with Crippen LogP contribution in [0.4, 0.5) is 0 Å². The Kier molecular flexibility index (Phi) is 2.02. The first-order chi connectivity index (χ1) is 4.30. The largest absolute Gasteiger partial charge is 0.386 e. The van der Waals surface area contributed by atoms with Gasteiger partial charge in [0.15, 0.2) is 0 Å². The molecule has 0 aliphatic carbocycles. The van der Waals surface area contributed by atoms with E-state index in [0.29, 0.717) is 0 Å². The van der Waals surface area contributed by atoms with Crippen LogP contribution in [-0.4, -0.2) is 31.5 Å². The molecule has 1 aliphatic rings. The fourth-order valence-corrected chi connectivity index (χ4v) is 0.873. The van der Waals surface area contributed by atoms with Crippen LogP contribution in [-0.2, 0) is 0 Å². The summed E-state index contributed by atoms with van der Waals surface area (Å²) < 4.78 is 0. The number of amidine groups is 1. The summed E-state index contributed by atoms with van der Waals surface area (Å²) in [4.78, 5) is 0. The SMILES string of the molecule is N=C(N)C1CNCCN1. The van der Waals surface area contributed by atoms with Gasteiger partial charge < -0.3 is 16.4 Å². The summed E-state index contributed by atoms with van der Waals surface area (Å²) >= 11 is 0. The molecule has 1 atom stereocenters. The third-order valence-corrected chi connectivity index (χ3v) is 1.42. The Morgan fingerprint density at radius 2 is 2.33 bits per heavy atom. The predicted octanol–water partition coefficient (Wildman–Crippen LogP) is -1.52.